The van der Waals surface area contributed by atoms with Gasteiger partial charge in [-0.25, -0.2) is 0 Å². The van der Waals surface area contributed by atoms with Crippen molar-refractivity contribution in [2.75, 3.05) is 31.4 Å². The molecule has 0 radical (unpaired) electrons. The molecule has 0 unspecified atom stereocenters. The van der Waals surface area contributed by atoms with Gasteiger partial charge < -0.3 is 20.1 Å². The van der Waals surface area contributed by atoms with Crippen molar-refractivity contribution < 1.29 is 9.47 Å². The van der Waals surface area contributed by atoms with Crippen LogP contribution in [-0.4, -0.2) is 20.8 Å². The monoisotopic (exact) mass is 272 g/mol. The molecule has 0 atom stereocenters. The van der Waals surface area contributed by atoms with Crippen molar-refractivity contribution in [1.29, 1.82) is 0 Å². The fourth-order valence-corrected chi connectivity index (χ4v) is 2.06. The normalized spacial score (nSPS) is 10.2. The molecule has 0 fully saturated rings. The van der Waals surface area contributed by atoms with Crippen molar-refractivity contribution in [2.24, 2.45) is 0 Å². The third-order valence-electron chi connectivity index (χ3n) is 3.14. The van der Waals surface area contributed by atoms with E-state index in [2.05, 4.69) is 0 Å². The van der Waals surface area contributed by atoms with Crippen LogP contribution in [0.3, 0.4) is 0 Å². The Labute approximate surface area is 119 Å². The standard InChI is InChI=1S/C16H20N2O2/c1-4-20-15-10-6-9-14(16(15)17)18(2)12-7-5-8-13(11-12)19-3/h5-11H,4,17H2,1-3H3. The summed E-state index contributed by atoms with van der Waals surface area (Å²) in [5, 5.41) is 0. The van der Waals surface area contributed by atoms with Crippen molar-refractivity contribution in [3.8, 4) is 11.5 Å². The molecule has 2 aromatic rings. The average molecular weight is 272 g/mol. The highest BCUT2D eigenvalue weighted by Crippen LogP contribution is 2.36. The maximum Gasteiger partial charge on any atom is 0.144 e. The van der Waals surface area contributed by atoms with E-state index < -0.39 is 0 Å². The Morgan fingerprint density at radius 3 is 2.60 bits per heavy atom. The minimum Gasteiger partial charge on any atom is -0.497 e. The number of ether oxygens (including phenoxy) is 2. The zero-order valence-corrected chi connectivity index (χ0v) is 12.1. The summed E-state index contributed by atoms with van der Waals surface area (Å²) in [4.78, 5) is 2.01. The van der Waals surface area contributed by atoms with Gasteiger partial charge in [-0.3, -0.25) is 0 Å². The van der Waals surface area contributed by atoms with Gasteiger partial charge in [0.25, 0.3) is 0 Å². The van der Waals surface area contributed by atoms with Crippen LogP contribution in [0, 0.1) is 0 Å². The molecule has 0 amide bonds. The first-order valence-corrected chi connectivity index (χ1v) is 6.56. The summed E-state index contributed by atoms with van der Waals surface area (Å²) < 4.78 is 10.8. The number of nitrogens with zero attached hydrogens (tertiary/aromatic N) is 1. The molecule has 0 heterocycles. The Hall–Kier alpha value is -2.36. The molecule has 0 aliphatic carbocycles. The van der Waals surface area contributed by atoms with Crippen LogP contribution in [0.2, 0.25) is 0 Å². The largest absolute Gasteiger partial charge is 0.497 e. The van der Waals surface area contributed by atoms with Gasteiger partial charge in [-0.1, -0.05) is 12.1 Å². The number of anilines is 3. The number of nitrogens with two attached hydrogens (primary N) is 1. The van der Waals surface area contributed by atoms with Crippen molar-refractivity contribution in [3.63, 3.8) is 0 Å². The average Bonchev–Trinajstić information content (AvgIpc) is 2.49. The van der Waals surface area contributed by atoms with Crippen LogP contribution in [-0.2, 0) is 0 Å². The molecule has 4 heteroatoms. The van der Waals surface area contributed by atoms with E-state index >= 15 is 0 Å². The van der Waals surface area contributed by atoms with Gasteiger partial charge in [0.1, 0.15) is 11.5 Å². The van der Waals surface area contributed by atoms with Gasteiger partial charge in [-0.05, 0) is 31.2 Å². The van der Waals surface area contributed by atoms with E-state index in [9.17, 15) is 0 Å². The maximum atomic E-state index is 6.18. The fraction of sp³-hybridized carbons (Fsp3) is 0.250. The molecule has 2 N–H and O–H groups in total. The first kappa shape index (κ1) is 14.1. The smallest absolute Gasteiger partial charge is 0.144 e. The number of nitrogen functional groups attached to an aromatic ring is 1. The van der Waals surface area contributed by atoms with Gasteiger partial charge in [0, 0.05) is 18.8 Å². The van der Waals surface area contributed by atoms with Crippen LogP contribution < -0.4 is 20.1 Å². The third-order valence-corrected chi connectivity index (χ3v) is 3.14. The second kappa shape index (κ2) is 6.19. The molecule has 2 aromatic carbocycles. The Morgan fingerprint density at radius 1 is 1.15 bits per heavy atom. The molecule has 20 heavy (non-hydrogen) atoms. The lowest BCUT2D eigenvalue weighted by atomic mass is 10.2. The molecule has 0 saturated heterocycles. The molecule has 0 aliphatic rings. The van der Waals surface area contributed by atoms with Crippen molar-refractivity contribution in [2.45, 2.75) is 6.92 Å². The van der Waals surface area contributed by atoms with Crippen LogP contribution in [0.5, 0.6) is 11.5 Å². The van der Waals surface area contributed by atoms with E-state index in [1.165, 1.54) is 0 Å². The fourth-order valence-electron chi connectivity index (χ4n) is 2.06. The predicted molar refractivity (Wildman–Crippen MR) is 83.1 cm³/mol. The van der Waals surface area contributed by atoms with E-state index in [0.717, 1.165) is 17.1 Å². The summed E-state index contributed by atoms with van der Waals surface area (Å²) in [5.74, 6) is 1.52. The van der Waals surface area contributed by atoms with Crippen molar-refractivity contribution in [3.05, 3.63) is 42.5 Å². The second-order valence-electron chi connectivity index (χ2n) is 4.38. The molecule has 0 aliphatic heterocycles. The zero-order valence-electron chi connectivity index (χ0n) is 12.1. The predicted octanol–water partition coefficient (Wildman–Crippen LogP) is 3.44. The lowest BCUT2D eigenvalue weighted by Gasteiger charge is -2.23. The summed E-state index contributed by atoms with van der Waals surface area (Å²) in [5.41, 5.74) is 8.73. The zero-order chi connectivity index (χ0) is 14.5. The summed E-state index contributed by atoms with van der Waals surface area (Å²) in [6.07, 6.45) is 0. The molecule has 0 bridgehead atoms. The van der Waals surface area contributed by atoms with Crippen molar-refractivity contribution >= 4 is 17.1 Å². The SMILES string of the molecule is CCOc1cccc(N(C)c2cccc(OC)c2)c1N. The molecular formula is C16H20N2O2. The van der Waals surface area contributed by atoms with E-state index in [0.29, 0.717) is 18.0 Å². The van der Waals surface area contributed by atoms with Crippen LogP contribution in [0.25, 0.3) is 0 Å². The molecule has 4 nitrogen and oxygen atoms in total. The minimum absolute atomic E-state index is 0.594. The summed E-state index contributed by atoms with van der Waals surface area (Å²) in [7, 11) is 3.62. The summed E-state index contributed by atoms with van der Waals surface area (Å²) in [6.45, 7) is 2.54. The van der Waals surface area contributed by atoms with E-state index in [-0.39, 0.29) is 0 Å². The van der Waals surface area contributed by atoms with E-state index in [1.807, 2.05) is 61.3 Å². The Kier molecular flexibility index (Phi) is 4.35. The molecule has 0 spiro atoms. The minimum atomic E-state index is 0.594. The highest BCUT2D eigenvalue weighted by molar-refractivity contribution is 5.79. The molecule has 0 saturated carbocycles. The lowest BCUT2D eigenvalue weighted by Crippen LogP contribution is -2.12. The van der Waals surface area contributed by atoms with Gasteiger partial charge in [0.15, 0.2) is 0 Å². The van der Waals surface area contributed by atoms with Gasteiger partial charge in [0.05, 0.1) is 25.1 Å². The second-order valence-corrected chi connectivity index (χ2v) is 4.38. The summed E-state index contributed by atoms with van der Waals surface area (Å²) >= 11 is 0. The quantitative estimate of drug-likeness (QED) is 0.847. The number of rotatable bonds is 5. The van der Waals surface area contributed by atoms with Gasteiger partial charge in [-0.15, -0.1) is 0 Å². The lowest BCUT2D eigenvalue weighted by molar-refractivity contribution is 0.342. The summed E-state index contributed by atoms with van der Waals surface area (Å²) in [6, 6.07) is 13.6. The van der Waals surface area contributed by atoms with Crippen LogP contribution >= 0.6 is 0 Å². The number of para-hydroxylation sites is 1. The van der Waals surface area contributed by atoms with Crippen LogP contribution in [0.15, 0.2) is 42.5 Å². The van der Waals surface area contributed by atoms with Crippen LogP contribution in [0.1, 0.15) is 6.92 Å². The van der Waals surface area contributed by atoms with Gasteiger partial charge in [-0.2, -0.15) is 0 Å². The van der Waals surface area contributed by atoms with Crippen LogP contribution in [0.4, 0.5) is 17.1 Å². The Balaban J connectivity index is 2.37. The highest BCUT2D eigenvalue weighted by atomic mass is 16.5. The van der Waals surface area contributed by atoms with E-state index in [1.54, 1.807) is 7.11 Å². The third kappa shape index (κ3) is 2.79. The first-order valence-electron chi connectivity index (χ1n) is 6.56. The maximum absolute atomic E-state index is 6.18. The molecule has 106 valence electrons. The molecule has 2 rings (SSSR count). The number of hydrogen-bond acceptors (Lipinski definition) is 4. The highest BCUT2D eigenvalue weighted by Gasteiger charge is 2.11. The Morgan fingerprint density at radius 2 is 1.90 bits per heavy atom. The van der Waals surface area contributed by atoms with Crippen molar-refractivity contribution in [1.82, 2.24) is 0 Å². The molecular weight excluding hydrogens is 252 g/mol. The topological polar surface area (TPSA) is 47.7 Å². The number of hydrogen-bond donors (Lipinski definition) is 1. The molecule has 0 aromatic heterocycles. The Bertz CT molecular complexity index is 584. The van der Waals surface area contributed by atoms with Gasteiger partial charge in [0.2, 0.25) is 0 Å². The number of benzene rings is 2. The van der Waals surface area contributed by atoms with Gasteiger partial charge >= 0.3 is 0 Å². The van der Waals surface area contributed by atoms with E-state index in [4.69, 9.17) is 15.2 Å². The first-order chi connectivity index (χ1) is 9.67. The number of methoxy groups -OCH3 is 1.